The Labute approximate surface area is 108 Å². The second kappa shape index (κ2) is 4.72. The molecule has 2 rings (SSSR count). The summed E-state index contributed by atoms with van der Waals surface area (Å²) in [7, 11) is 0. The number of nitrogens with one attached hydrogen (secondary N) is 1. The highest BCUT2D eigenvalue weighted by Crippen LogP contribution is 2.27. The quantitative estimate of drug-likeness (QED) is 0.853. The van der Waals surface area contributed by atoms with E-state index in [1.807, 2.05) is 0 Å². The Morgan fingerprint density at radius 1 is 1.62 bits per heavy atom. The van der Waals surface area contributed by atoms with Crippen LogP contribution in [-0.2, 0) is 0 Å². The summed E-state index contributed by atoms with van der Waals surface area (Å²) in [6.07, 6.45) is 3.67. The van der Waals surface area contributed by atoms with Gasteiger partial charge in [0.25, 0.3) is 5.91 Å². The van der Waals surface area contributed by atoms with E-state index in [1.54, 1.807) is 12.3 Å². The van der Waals surface area contributed by atoms with E-state index in [-0.39, 0.29) is 17.1 Å². The molecule has 0 spiro atoms. The van der Waals surface area contributed by atoms with E-state index >= 15 is 0 Å². The molecule has 86 valence electrons. The third-order valence-electron chi connectivity index (χ3n) is 2.76. The van der Waals surface area contributed by atoms with Gasteiger partial charge in [-0.1, -0.05) is 18.5 Å². The zero-order chi connectivity index (χ0) is 11.7. The highest BCUT2D eigenvalue weighted by atomic mass is 79.9. The molecule has 3 nitrogen and oxygen atoms in total. The Bertz CT molecular complexity index is 418. The Balaban J connectivity index is 2.05. The fraction of sp³-hybridized carbons (Fsp3) is 0.455. The second-order valence-corrected chi connectivity index (χ2v) is 5.51. The first kappa shape index (κ1) is 11.9. The normalized spacial score (nSPS) is 23.7. The maximum atomic E-state index is 11.9. The highest BCUT2D eigenvalue weighted by Gasteiger charge is 2.27. The number of carbonyl (C=O) groups excluding carboxylic acids is 1. The lowest BCUT2D eigenvalue weighted by Gasteiger charge is -2.33. The molecule has 0 radical (unpaired) electrons. The number of amides is 1. The Morgan fingerprint density at radius 3 is 2.94 bits per heavy atom. The van der Waals surface area contributed by atoms with E-state index in [0.29, 0.717) is 11.5 Å². The molecule has 1 aliphatic rings. The zero-order valence-electron chi connectivity index (χ0n) is 8.84. The van der Waals surface area contributed by atoms with Crippen molar-refractivity contribution >= 4 is 33.4 Å². The fourth-order valence-corrected chi connectivity index (χ4v) is 2.39. The van der Waals surface area contributed by atoms with Crippen LogP contribution in [0.25, 0.3) is 0 Å². The van der Waals surface area contributed by atoms with E-state index in [9.17, 15) is 4.79 Å². The third-order valence-corrected chi connectivity index (χ3v) is 3.49. The average molecular weight is 304 g/mol. The Morgan fingerprint density at radius 2 is 2.31 bits per heavy atom. The standard InChI is InChI=1S/C11H12BrClN2O/c1-6-2-8(3-6)15-11(16)9-4-7(12)5-14-10(9)13/h4-6,8H,2-3H2,1H3,(H,15,16). The highest BCUT2D eigenvalue weighted by molar-refractivity contribution is 9.10. The van der Waals surface area contributed by atoms with Crippen LogP contribution in [-0.4, -0.2) is 16.9 Å². The number of rotatable bonds is 2. The van der Waals surface area contributed by atoms with E-state index in [0.717, 1.165) is 17.3 Å². The van der Waals surface area contributed by atoms with Crippen LogP contribution in [0.2, 0.25) is 5.15 Å². The summed E-state index contributed by atoms with van der Waals surface area (Å²) in [4.78, 5) is 15.8. The molecule has 16 heavy (non-hydrogen) atoms. The van der Waals surface area contributed by atoms with Gasteiger partial charge in [0.05, 0.1) is 5.56 Å². The molecule has 1 aromatic rings. The van der Waals surface area contributed by atoms with Crippen LogP contribution in [0, 0.1) is 5.92 Å². The molecular formula is C11H12BrClN2O. The van der Waals surface area contributed by atoms with Gasteiger partial charge >= 0.3 is 0 Å². The van der Waals surface area contributed by atoms with Crippen molar-refractivity contribution in [3.8, 4) is 0 Å². The molecule has 5 heteroatoms. The van der Waals surface area contributed by atoms with E-state index in [4.69, 9.17) is 11.6 Å². The molecule has 1 heterocycles. The monoisotopic (exact) mass is 302 g/mol. The summed E-state index contributed by atoms with van der Waals surface area (Å²) in [5.74, 6) is 0.567. The van der Waals surface area contributed by atoms with Gasteiger partial charge in [0.1, 0.15) is 5.15 Å². The second-order valence-electron chi connectivity index (χ2n) is 4.24. The zero-order valence-corrected chi connectivity index (χ0v) is 11.2. The molecule has 1 amide bonds. The topological polar surface area (TPSA) is 42.0 Å². The number of hydrogen-bond acceptors (Lipinski definition) is 2. The van der Waals surface area contributed by atoms with Gasteiger partial charge in [0, 0.05) is 16.7 Å². The largest absolute Gasteiger partial charge is 0.349 e. The van der Waals surface area contributed by atoms with Crippen molar-refractivity contribution in [2.24, 2.45) is 5.92 Å². The van der Waals surface area contributed by atoms with Crippen molar-refractivity contribution in [1.82, 2.24) is 10.3 Å². The maximum absolute atomic E-state index is 11.9. The summed E-state index contributed by atoms with van der Waals surface area (Å²) in [5.41, 5.74) is 0.426. The molecule has 1 saturated carbocycles. The van der Waals surface area contributed by atoms with Crippen molar-refractivity contribution in [2.45, 2.75) is 25.8 Å². The summed E-state index contributed by atoms with van der Waals surface area (Å²) in [5, 5.41) is 3.19. The van der Waals surface area contributed by atoms with Crippen molar-refractivity contribution in [3.63, 3.8) is 0 Å². The van der Waals surface area contributed by atoms with Crippen LogP contribution < -0.4 is 5.32 Å². The first-order valence-corrected chi connectivity index (χ1v) is 6.35. The first-order valence-electron chi connectivity index (χ1n) is 5.18. The van der Waals surface area contributed by atoms with Gasteiger partial charge < -0.3 is 5.32 Å². The molecule has 0 bridgehead atoms. The number of hydrogen-bond donors (Lipinski definition) is 1. The minimum absolute atomic E-state index is 0.143. The van der Waals surface area contributed by atoms with Crippen LogP contribution in [0.15, 0.2) is 16.7 Å². The summed E-state index contributed by atoms with van der Waals surface area (Å²) in [6.45, 7) is 2.18. The van der Waals surface area contributed by atoms with Gasteiger partial charge in [-0.05, 0) is 40.8 Å². The molecule has 0 atom stereocenters. The van der Waals surface area contributed by atoms with E-state index in [1.165, 1.54) is 0 Å². The van der Waals surface area contributed by atoms with Crippen LogP contribution in [0.3, 0.4) is 0 Å². The maximum Gasteiger partial charge on any atom is 0.254 e. The predicted octanol–water partition coefficient (Wildman–Crippen LogP) is 3.03. The average Bonchev–Trinajstić information content (AvgIpc) is 2.19. The minimum atomic E-state index is -0.143. The van der Waals surface area contributed by atoms with Crippen molar-refractivity contribution in [3.05, 3.63) is 27.5 Å². The smallest absolute Gasteiger partial charge is 0.254 e. The van der Waals surface area contributed by atoms with Crippen LogP contribution in [0.5, 0.6) is 0 Å². The van der Waals surface area contributed by atoms with Gasteiger partial charge in [-0.25, -0.2) is 4.98 Å². The lowest BCUT2D eigenvalue weighted by molar-refractivity contribution is 0.0896. The first-order chi connectivity index (χ1) is 7.56. The van der Waals surface area contributed by atoms with Gasteiger partial charge in [-0.15, -0.1) is 0 Å². The molecule has 1 aliphatic carbocycles. The van der Waals surface area contributed by atoms with Crippen molar-refractivity contribution < 1.29 is 4.79 Å². The minimum Gasteiger partial charge on any atom is -0.349 e. The Kier molecular flexibility index (Phi) is 3.50. The predicted molar refractivity (Wildman–Crippen MR) is 66.6 cm³/mol. The molecule has 1 aromatic heterocycles. The molecule has 0 saturated heterocycles. The molecular weight excluding hydrogens is 291 g/mol. The van der Waals surface area contributed by atoms with Gasteiger partial charge in [-0.2, -0.15) is 0 Å². The fourth-order valence-electron chi connectivity index (χ4n) is 1.87. The van der Waals surface area contributed by atoms with Crippen LogP contribution >= 0.6 is 27.5 Å². The lowest BCUT2D eigenvalue weighted by atomic mass is 9.82. The molecule has 0 aromatic carbocycles. The lowest BCUT2D eigenvalue weighted by Crippen LogP contribution is -2.43. The molecule has 0 aliphatic heterocycles. The van der Waals surface area contributed by atoms with E-state index in [2.05, 4.69) is 33.2 Å². The van der Waals surface area contributed by atoms with Gasteiger partial charge in [0.15, 0.2) is 0 Å². The molecule has 1 N–H and O–H groups in total. The SMILES string of the molecule is CC1CC(NC(=O)c2cc(Br)cnc2Cl)C1. The summed E-state index contributed by atoms with van der Waals surface area (Å²) in [6, 6.07) is 1.98. The number of nitrogens with zero attached hydrogens (tertiary/aromatic N) is 1. The van der Waals surface area contributed by atoms with Gasteiger partial charge in [-0.3, -0.25) is 4.79 Å². The Hall–Kier alpha value is -0.610. The number of carbonyl (C=O) groups is 1. The summed E-state index contributed by atoms with van der Waals surface area (Å²) < 4.78 is 0.754. The van der Waals surface area contributed by atoms with E-state index < -0.39 is 0 Å². The van der Waals surface area contributed by atoms with Crippen molar-refractivity contribution in [2.75, 3.05) is 0 Å². The van der Waals surface area contributed by atoms with Gasteiger partial charge in [0.2, 0.25) is 0 Å². The molecule has 0 unspecified atom stereocenters. The van der Waals surface area contributed by atoms with Crippen LogP contribution in [0.1, 0.15) is 30.1 Å². The number of pyridine rings is 1. The third kappa shape index (κ3) is 2.55. The molecule has 1 fully saturated rings. The van der Waals surface area contributed by atoms with Crippen LogP contribution in [0.4, 0.5) is 0 Å². The van der Waals surface area contributed by atoms with Crippen molar-refractivity contribution in [1.29, 1.82) is 0 Å². The summed E-state index contributed by atoms with van der Waals surface area (Å²) >= 11 is 9.14. The number of halogens is 2. The number of aromatic nitrogens is 1.